The summed E-state index contributed by atoms with van der Waals surface area (Å²) in [5, 5.41) is 0.753. The molecular weight excluding hydrogens is 374 g/mol. The van der Waals surface area contributed by atoms with E-state index in [1.807, 2.05) is 30.3 Å². The number of hydrogen-bond acceptors (Lipinski definition) is 5. The molecule has 1 aromatic carbocycles. The van der Waals surface area contributed by atoms with Crippen molar-refractivity contribution in [2.45, 2.75) is 32.1 Å². The standard InChI is InChI=1S/C21H23N3O3S/c1-24(12-13-27-14-6-3-2-4-7-14)18(25)11-10-17-22-20(26)19-15-8-5-9-16(15)28-21(19)23-17/h2-4,6-7H,5,8-13H2,1H3,(H,22,23,26). The molecule has 2 heterocycles. The average Bonchev–Trinajstić information content (AvgIpc) is 3.27. The van der Waals surface area contributed by atoms with Crippen LogP contribution in [0.2, 0.25) is 0 Å². The van der Waals surface area contributed by atoms with Crippen molar-refractivity contribution >= 4 is 27.5 Å². The number of benzene rings is 1. The average molecular weight is 398 g/mol. The minimum atomic E-state index is -0.0727. The van der Waals surface area contributed by atoms with Crippen LogP contribution in [0.15, 0.2) is 35.1 Å². The number of rotatable bonds is 7. The molecule has 146 valence electrons. The van der Waals surface area contributed by atoms with Gasteiger partial charge in [0.05, 0.1) is 11.9 Å². The lowest BCUT2D eigenvalue weighted by Gasteiger charge is -2.17. The van der Waals surface area contributed by atoms with Crippen molar-refractivity contribution < 1.29 is 9.53 Å². The third kappa shape index (κ3) is 3.94. The maximum Gasteiger partial charge on any atom is 0.259 e. The summed E-state index contributed by atoms with van der Waals surface area (Å²) in [7, 11) is 1.76. The third-order valence-electron chi connectivity index (χ3n) is 5.06. The number of para-hydroxylation sites is 1. The molecule has 2 aromatic heterocycles. The van der Waals surface area contributed by atoms with Crippen LogP contribution < -0.4 is 10.3 Å². The Kier molecular flexibility index (Phi) is 5.43. The van der Waals surface area contributed by atoms with E-state index in [2.05, 4.69) is 9.97 Å². The van der Waals surface area contributed by atoms with E-state index >= 15 is 0 Å². The molecule has 0 atom stereocenters. The van der Waals surface area contributed by atoms with Gasteiger partial charge in [0.1, 0.15) is 23.0 Å². The monoisotopic (exact) mass is 397 g/mol. The largest absolute Gasteiger partial charge is 0.492 e. The Morgan fingerprint density at radius 1 is 1.29 bits per heavy atom. The number of hydrogen-bond donors (Lipinski definition) is 1. The molecule has 4 rings (SSSR count). The number of nitrogens with one attached hydrogen (secondary N) is 1. The highest BCUT2D eigenvalue weighted by molar-refractivity contribution is 7.18. The Bertz CT molecular complexity index is 1040. The van der Waals surface area contributed by atoms with Crippen molar-refractivity contribution in [3.05, 3.63) is 57.0 Å². The van der Waals surface area contributed by atoms with Gasteiger partial charge < -0.3 is 14.6 Å². The van der Waals surface area contributed by atoms with E-state index in [4.69, 9.17) is 4.74 Å². The lowest BCUT2D eigenvalue weighted by molar-refractivity contribution is -0.130. The van der Waals surface area contributed by atoms with Crippen LogP contribution in [-0.2, 0) is 24.1 Å². The molecular formula is C21H23N3O3S. The second kappa shape index (κ2) is 8.14. The van der Waals surface area contributed by atoms with Gasteiger partial charge >= 0.3 is 0 Å². The molecule has 0 saturated carbocycles. The first kappa shape index (κ1) is 18.7. The number of aryl methyl sites for hydroxylation is 3. The molecule has 28 heavy (non-hydrogen) atoms. The van der Waals surface area contributed by atoms with Crippen molar-refractivity contribution in [3.63, 3.8) is 0 Å². The number of carbonyl (C=O) groups excluding carboxylic acids is 1. The molecule has 0 fully saturated rings. The van der Waals surface area contributed by atoms with Crippen LogP contribution in [0, 0.1) is 0 Å². The Hall–Kier alpha value is -2.67. The fraction of sp³-hybridized carbons (Fsp3) is 0.381. The molecule has 3 aromatic rings. The Balaban J connectivity index is 1.32. The number of H-pyrrole nitrogens is 1. The highest BCUT2D eigenvalue weighted by Gasteiger charge is 2.21. The molecule has 0 unspecified atom stereocenters. The van der Waals surface area contributed by atoms with Gasteiger partial charge in [0.2, 0.25) is 5.91 Å². The van der Waals surface area contributed by atoms with Crippen molar-refractivity contribution in [2.75, 3.05) is 20.2 Å². The number of fused-ring (bicyclic) bond motifs is 3. The molecule has 7 heteroatoms. The molecule has 1 N–H and O–H groups in total. The van der Waals surface area contributed by atoms with Crippen LogP contribution >= 0.6 is 11.3 Å². The fourth-order valence-electron chi connectivity index (χ4n) is 3.52. The molecule has 0 radical (unpaired) electrons. The Morgan fingerprint density at radius 3 is 2.93 bits per heavy atom. The molecule has 1 amide bonds. The van der Waals surface area contributed by atoms with Crippen LogP contribution in [-0.4, -0.2) is 41.0 Å². The van der Waals surface area contributed by atoms with Gasteiger partial charge in [0, 0.05) is 24.8 Å². The van der Waals surface area contributed by atoms with E-state index in [1.165, 1.54) is 10.4 Å². The normalized spacial score (nSPS) is 12.9. The highest BCUT2D eigenvalue weighted by atomic mass is 32.1. The van der Waals surface area contributed by atoms with Gasteiger partial charge in [-0.2, -0.15) is 0 Å². The summed E-state index contributed by atoms with van der Waals surface area (Å²) in [4.78, 5) is 36.1. The van der Waals surface area contributed by atoms with Gasteiger partial charge in [-0.25, -0.2) is 4.98 Å². The first-order valence-corrected chi connectivity index (χ1v) is 10.4. The van der Waals surface area contributed by atoms with E-state index in [9.17, 15) is 9.59 Å². The van der Waals surface area contributed by atoms with E-state index < -0.39 is 0 Å². The third-order valence-corrected chi connectivity index (χ3v) is 6.25. The van der Waals surface area contributed by atoms with Crippen molar-refractivity contribution in [1.29, 1.82) is 0 Å². The number of aromatic nitrogens is 2. The van der Waals surface area contributed by atoms with E-state index in [0.29, 0.717) is 31.8 Å². The quantitative estimate of drug-likeness (QED) is 0.665. The number of carbonyl (C=O) groups is 1. The number of thiophene rings is 1. The number of aromatic amines is 1. The first-order valence-electron chi connectivity index (χ1n) is 9.57. The Labute approximate surface area is 167 Å². The molecule has 0 aliphatic heterocycles. The van der Waals surface area contributed by atoms with E-state index in [0.717, 1.165) is 35.2 Å². The van der Waals surface area contributed by atoms with Gasteiger partial charge in [0.25, 0.3) is 5.56 Å². The maximum absolute atomic E-state index is 12.5. The summed E-state index contributed by atoms with van der Waals surface area (Å²) in [6.07, 6.45) is 3.86. The minimum absolute atomic E-state index is 0.00748. The first-order chi connectivity index (χ1) is 13.6. The molecule has 1 aliphatic carbocycles. The summed E-state index contributed by atoms with van der Waals surface area (Å²) >= 11 is 1.62. The highest BCUT2D eigenvalue weighted by Crippen LogP contribution is 2.34. The van der Waals surface area contributed by atoms with E-state index in [1.54, 1.807) is 23.3 Å². The number of ether oxygens (including phenoxy) is 1. The second-order valence-corrected chi connectivity index (χ2v) is 8.11. The van der Waals surface area contributed by atoms with Crippen LogP contribution in [0.1, 0.15) is 29.1 Å². The van der Waals surface area contributed by atoms with Crippen molar-refractivity contribution in [3.8, 4) is 5.75 Å². The zero-order valence-corrected chi connectivity index (χ0v) is 16.7. The number of likely N-dealkylation sites (N-methyl/N-ethyl adjacent to an activating group) is 1. The van der Waals surface area contributed by atoms with Crippen LogP contribution in [0.3, 0.4) is 0 Å². The van der Waals surface area contributed by atoms with Crippen LogP contribution in [0.25, 0.3) is 10.2 Å². The lowest BCUT2D eigenvalue weighted by Crippen LogP contribution is -2.31. The minimum Gasteiger partial charge on any atom is -0.492 e. The topological polar surface area (TPSA) is 75.3 Å². The van der Waals surface area contributed by atoms with Gasteiger partial charge in [0.15, 0.2) is 0 Å². The number of amides is 1. The summed E-state index contributed by atoms with van der Waals surface area (Å²) in [5.41, 5.74) is 1.10. The summed E-state index contributed by atoms with van der Waals surface area (Å²) in [6, 6.07) is 9.54. The number of nitrogens with zero attached hydrogens (tertiary/aromatic N) is 2. The smallest absolute Gasteiger partial charge is 0.259 e. The zero-order valence-electron chi connectivity index (χ0n) is 15.9. The molecule has 6 nitrogen and oxygen atoms in total. The Morgan fingerprint density at radius 2 is 2.11 bits per heavy atom. The van der Waals surface area contributed by atoms with Crippen LogP contribution in [0.5, 0.6) is 5.75 Å². The molecule has 0 bridgehead atoms. The molecule has 1 aliphatic rings. The molecule has 0 saturated heterocycles. The van der Waals surface area contributed by atoms with Gasteiger partial charge in [-0.15, -0.1) is 11.3 Å². The lowest BCUT2D eigenvalue weighted by atomic mass is 10.2. The summed E-state index contributed by atoms with van der Waals surface area (Å²) in [6.45, 7) is 0.947. The SMILES string of the molecule is CN(CCOc1ccccc1)C(=O)CCc1nc2sc3c(c2c(=O)[nH]1)CCC3. The van der Waals surface area contributed by atoms with Crippen LogP contribution in [0.4, 0.5) is 0 Å². The predicted molar refractivity (Wildman–Crippen MR) is 110 cm³/mol. The summed E-state index contributed by atoms with van der Waals surface area (Å²) in [5.74, 6) is 1.38. The van der Waals surface area contributed by atoms with Gasteiger partial charge in [-0.3, -0.25) is 9.59 Å². The van der Waals surface area contributed by atoms with Gasteiger partial charge in [-0.1, -0.05) is 18.2 Å². The maximum atomic E-state index is 12.5. The van der Waals surface area contributed by atoms with Gasteiger partial charge in [-0.05, 0) is 37.0 Å². The molecule has 0 spiro atoms. The summed E-state index contributed by atoms with van der Waals surface area (Å²) < 4.78 is 5.63. The van der Waals surface area contributed by atoms with Crippen molar-refractivity contribution in [1.82, 2.24) is 14.9 Å². The fourth-order valence-corrected chi connectivity index (χ4v) is 4.80. The zero-order chi connectivity index (χ0) is 19.5. The van der Waals surface area contributed by atoms with E-state index in [-0.39, 0.29) is 11.5 Å². The van der Waals surface area contributed by atoms with Crippen molar-refractivity contribution in [2.24, 2.45) is 0 Å². The second-order valence-electron chi connectivity index (χ2n) is 7.03. The predicted octanol–water partition coefficient (Wildman–Crippen LogP) is 2.94.